The van der Waals surface area contributed by atoms with Crippen molar-refractivity contribution in [1.82, 2.24) is 9.97 Å². The molecule has 0 saturated heterocycles. The van der Waals surface area contributed by atoms with E-state index in [9.17, 15) is 9.59 Å². The van der Waals surface area contributed by atoms with Crippen molar-refractivity contribution in [2.24, 2.45) is 5.41 Å². The summed E-state index contributed by atoms with van der Waals surface area (Å²) in [6.07, 6.45) is 1.32. The topological polar surface area (TPSA) is 65.7 Å². The van der Waals surface area contributed by atoms with Gasteiger partial charge in [0.25, 0.3) is 5.56 Å². The van der Waals surface area contributed by atoms with Crippen molar-refractivity contribution >= 4 is 0 Å². The van der Waals surface area contributed by atoms with E-state index in [2.05, 4.69) is 21.8 Å². The van der Waals surface area contributed by atoms with E-state index in [0.717, 1.165) is 0 Å². The van der Waals surface area contributed by atoms with Crippen molar-refractivity contribution in [3.63, 3.8) is 0 Å². The Labute approximate surface area is 81.4 Å². The second kappa shape index (κ2) is 3.54. The molecule has 74 valence electrons. The molecule has 2 N–H and O–H groups in total. The fraction of sp³-hybridized carbons (Fsp3) is 0.400. The van der Waals surface area contributed by atoms with Crippen LogP contribution in [-0.2, 0) is 0 Å². The van der Waals surface area contributed by atoms with E-state index in [1.54, 1.807) is 0 Å². The van der Waals surface area contributed by atoms with Gasteiger partial charge in [0.05, 0.1) is 0 Å². The number of rotatable bonds is 0. The van der Waals surface area contributed by atoms with E-state index in [0.29, 0.717) is 0 Å². The molecule has 0 saturated carbocycles. The quantitative estimate of drug-likeness (QED) is 0.586. The van der Waals surface area contributed by atoms with Crippen LogP contribution in [0, 0.1) is 17.3 Å². The van der Waals surface area contributed by atoms with Crippen LogP contribution in [0.5, 0.6) is 0 Å². The Balaban J connectivity index is 3.15. The van der Waals surface area contributed by atoms with Gasteiger partial charge in [-0.1, -0.05) is 11.8 Å². The lowest BCUT2D eigenvalue weighted by atomic mass is 9.98. The second-order valence-corrected chi connectivity index (χ2v) is 3.99. The Morgan fingerprint density at radius 2 is 1.93 bits per heavy atom. The van der Waals surface area contributed by atoms with Gasteiger partial charge in [-0.25, -0.2) is 4.79 Å². The highest BCUT2D eigenvalue weighted by molar-refractivity contribution is 5.30. The normalized spacial score (nSPS) is 10.5. The molecule has 1 rings (SSSR count). The fourth-order valence-corrected chi connectivity index (χ4v) is 0.757. The van der Waals surface area contributed by atoms with Gasteiger partial charge in [-0.15, -0.1) is 0 Å². The Kier molecular flexibility index (Phi) is 2.61. The van der Waals surface area contributed by atoms with Crippen LogP contribution in [0.1, 0.15) is 26.3 Å². The lowest BCUT2D eigenvalue weighted by molar-refractivity contribution is 0.571. The van der Waals surface area contributed by atoms with Crippen molar-refractivity contribution in [2.75, 3.05) is 0 Å². The van der Waals surface area contributed by atoms with Gasteiger partial charge in [-0.05, 0) is 20.8 Å². The van der Waals surface area contributed by atoms with Crippen LogP contribution in [0.4, 0.5) is 0 Å². The first-order valence-corrected chi connectivity index (χ1v) is 4.24. The van der Waals surface area contributed by atoms with Crippen molar-refractivity contribution < 1.29 is 0 Å². The smallest absolute Gasteiger partial charge is 0.313 e. The molecule has 0 spiro atoms. The first-order chi connectivity index (χ1) is 6.38. The minimum atomic E-state index is -0.517. The minimum absolute atomic E-state index is 0.164. The summed E-state index contributed by atoms with van der Waals surface area (Å²) in [6, 6.07) is 0. The summed E-state index contributed by atoms with van der Waals surface area (Å²) in [5, 5.41) is 0. The molecule has 1 aromatic rings. The molecule has 0 fully saturated rings. The van der Waals surface area contributed by atoms with E-state index in [1.165, 1.54) is 6.20 Å². The third-order valence-electron chi connectivity index (χ3n) is 1.39. The Hall–Kier alpha value is -1.76. The lowest BCUT2D eigenvalue weighted by Crippen LogP contribution is -2.23. The number of hydrogen-bond acceptors (Lipinski definition) is 2. The van der Waals surface area contributed by atoms with Gasteiger partial charge in [0.1, 0.15) is 5.56 Å². The first-order valence-electron chi connectivity index (χ1n) is 4.24. The van der Waals surface area contributed by atoms with Crippen LogP contribution in [0.3, 0.4) is 0 Å². The molecule has 1 aromatic heterocycles. The van der Waals surface area contributed by atoms with Gasteiger partial charge >= 0.3 is 5.69 Å². The molecule has 0 aliphatic heterocycles. The van der Waals surface area contributed by atoms with Crippen LogP contribution in [0.25, 0.3) is 0 Å². The summed E-state index contributed by atoms with van der Waals surface area (Å²) in [5.41, 5.74) is -0.857. The van der Waals surface area contributed by atoms with E-state index < -0.39 is 11.2 Å². The molecule has 0 amide bonds. The van der Waals surface area contributed by atoms with E-state index in [4.69, 9.17) is 0 Å². The van der Waals surface area contributed by atoms with E-state index >= 15 is 0 Å². The molecule has 0 aliphatic rings. The molecule has 0 aliphatic carbocycles. The van der Waals surface area contributed by atoms with Crippen molar-refractivity contribution in [1.29, 1.82) is 0 Å². The molecule has 0 radical (unpaired) electrons. The molecule has 1 heterocycles. The minimum Gasteiger partial charge on any atom is -0.313 e. The number of H-pyrrole nitrogens is 2. The molecule has 0 unspecified atom stereocenters. The molecule has 14 heavy (non-hydrogen) atoms. The Bertz CT molecular complexity index is 492. The molecular formula is C10H12N2O2. The molecule has 0 bridgehead atoms. The lowest BCUT2D eigenvalue weighted by Gasteiger charge is -2.06. The average Bonchev–Trinajstić information content (AvgIpc) is 2.00. The maximum absolute atomic E-state index is 11.2. The van der Waals surface area contributed by atoms with Crippen LogP contribution in [0.2, 0.25) is 0 Å². The molecular weight excluding hydrogens is 180 g/mol. The van der Waals surface area contributed by atoms with Crippen LogP contribution >= 0.6 is 0 Å². The number of nitrogens with one attached hydrogen (secondary N) is 2. The highest BCUT2D eigenvalue weighted by Gasteiger charge is 2.04. The first kappa shape index (κ1) is 10.3. The monoisotopic (exact) mass is 192 g/mol. The van der Waals surface area contributed by atoms with Crippen molar-refractivity contribution in [3.05, 3.63) is 32.6 Å². The molecule has 0 aromatic carbocycles. The van der Waals surface area contributed by atoms with Gasteiger partial charge in [0, 0.05) is 11.6 Å². The summed E-state index contributed by atoms with van der Waals surface area (Å²) < 4.78 is 0. The van der Waals surface area contributed by atoms with E-state index in [-0.39, 0.29) is 11.0 Å². The molecule has 4 heteroatoms. The number of aromatic nitrogens is 2. The van der Waals surface area contributed by atoms with Gasteiger partial charge < -0.3 is 4.98 Å². The molecule has 4 nitrogen and oxygen atoms in total. The maximum atomic E-state index is 11.2. The van der Waals surface area contributed by atoms with E-state index in [1.807, 2.05) is 20.8 Å². The zero-order valence-corrected chi connectivity index (χ0v) is 8.39. The molecule has 0 atom stereocenters. The zero-order valence-electron chi connectivity index (χ0n) is 8.39. The van der Waals surface area contributed by atoms with Gasteiger partial charge in [-0.3, -0.25) is 9.78 Å². The Morgan fingerprint density at radius 1 is 1.29 bits per heavy atom. The van der Waals surface area contributed by atoms with Crippen molar-refractivity contribution in [3.8, 4) is 11.8 Å². The highest BCUT2D eigenvalue weighted by atomic mass is 16.2. The summed E-state index contributed by atoms with van der Waals surface area (Å²) in [5.74, 6) is 5.62. The second-order valence-electron chi connectivity index (χ2n) is 3.99. The third-order valence-corrected chi connectivity index (χ3v) is 1.39. The summed E-state index contributed by atoms with van der Waals surface area (Å²) in [7, 11) is 0. The summed E-state index contributed by atoms with van der Waals surface area (Å²) >= 11 is 0. The summed E-state index contributed by atoms with van der Waals surface area (Å²) in [4.78, 5) is 26.3. The zero-order chi connectivity index (χ0) is 10.8. The largest absolute Gasteiger partial charge is 0.325 e. The predicted molar refractivity (Wildman–Crippen MR) is 54.0 cm³/mol. The van der Waals surface area contributed by atoms with Crippen LogP contribution in [-0.4, -0.2) is 9.97 Å². The average molecular weight is 192 g/mol. The highest BCUT2D eigenvalue weighted by Crippen LogP contribution is 2.09. The summed E-state index contributed by atoms with van der Waals surface area (Å²) in [6.45, 7) is 5.83. The maximum Gasteiger partial charge on any atom is 0.325 e. The number of hydrogen-bond donors (Lipinski definition) is 2. The fourth-order valence-electron chi connectivity index (χ4n) is 0.757. The SMILES string of the molecule is CC(C)(C)C#Cc1c[nH]c(=O)[nH]c1=O. The van der Waals surface area contributed by atoms with Crippen LogP contribution < -0.4 is 11.2 Å². The standard InChI is InChI=1S/C10H12N2O2/c1-10(2,3)5-4-7-6-11-9(14)12-8(7)13/h6H,1-3H3,(H2,11,12,13,14). The third kappa shape index (κ3) is 2.94. The van der Waals surface area contributed by atoms with Gasteiger partial charge in [0.15, 0.2) is 0 Å². The number of aromatic amines is 2. The van der Waals surface area contributed by atoms with Gasteiger partial charge in [-0.2, -0.15) is 0 Å². The van der Waals surface area contributed by atoms with Crippen molar-refractivity contribution in [2.45, 2.75) is 20.8 Å². The van der Waals surface area contributed by atoms with Gasteiger partial charge in [0.2, 0.25) is 0 Å². The predicted octanol–water partition coefficient (Wildman–Crippen LogP) is 0.461. The Morgan fingerprint density at radius 3 is 2.43 bits per heavy atom. The van der Waals surface area contributed by atoms with Crippen LogP contribution in [0.15, 0.2) is 15.8 Å².